The molecule has 1 aromatic rings. The normalized spacial score (nSPS) is 11.2. The lowest BCUT2D eigenvalue weighted by atomic mass is 9.90. The van der Waals surface area contributed by atoms with E-state index in [0.29, 0.717) is 10.0 Å². The number of thioether (sulfide) groups is 1. The molecule has 0 unspecified atom stereocenters. The van der Waals surface area contributed by atoms with Crippen molar-refractivity contribution in [2.24, 2.45) is 5.41 Å². The number of nitrogens with zero attached hydrogens (tertiary/aromatic N) is 1. The average molecular weight is 288 g/mol. The Morgan fingerprint density at radius 2 is 2.00 bits per heavy atom. The van der Waals surface area contributed by atoms with Gasteiger partial charge in [0.15, 0.2) is 0 Å². The lowest BCUT2D eigenvalue weighted by molar-refractivity contribution is 0.448. The van der Waals surface area contributed by atoms with Gasteiger partial charge in [0.05, 0.1) is 21.5 Å². The minimum atomic E-state index is -0.224. The van der Waals surface area contributed by atoms with E-state index in [1.807, 2.05) is 32.0 Å². The summed E-state index contributed by atoms with van der Waals surface area (Å²) in [5.74, 6) is 0.989. The van der Waals surface area contributed by atoms with Crippen LogP contribution in [0.15, 0.2) is 23.1 Å². The van der Waals surface area contributed by atoms with Crippen molar-refractivity contribution >= 4 is 35.0 Å². The van der Waals surface area contributed by atoms with Crippen LogP contribution in [0.3, 0.4) is 0 Å². The predicted molar refractivity (Wildman–Crippen MR) is 75.8 cm³/mol. The second-order valence-electron chi connectivity index (χ2n) is 4.52. The van der Waals surface area contributed by atoms with Gasteiger partial charge in [-0.2, -0.15) is 5.26 Å². The maximum Gasteiger partial charge on any atom is 0.0683 e. The quantitative estimate of drug-likeness (QED) is 0.534. The molecule has 0 aliphatic rings. The van der Waals surface area contributed by atoms with Crippen LogP contribution in [0.25, 0.3) is 0 Å². The van der Waals surface area contributed by atoms with E-state index in [2.05, 4.69) is 6.07 Å². The number of rotatable bonds is 5. The van der Waals surface area contributed by atoms with E-state index in [0.717, 1.165) is 23.5 Å². The molecule has 0 heterocycles. The number of benzene rings is 1. The molecule has 0 aliphatic heterocycles. The van der Waals surface area contributed by atoms with Crippen molar-refractivity contribution in [3.8, 4) is 6.07 Å². The van der Waals surface area contributed by atoms with E-state index < -0.39 is 0 Å². The molecule has 0 amide bonds. The van der Waals surface area contributed by atoms with Crippen molar-refractivity contribution in [2.45, 2.75) is 31.6 Å². The van der Waals surface area contributed by atoms with Crippen LogP contribution >= 0.6 is 35.0 Å². The SMILES string of the molecule is CC(C)(C#N)CCCSc1ccc(Cl)c(Cl)c1. The lowest BCUT2D eigenvalue weighted by Crippen LogP contribution is -2.07. The largest absolute Gasteiger partial charge is 0.198 e. The van der Waals surface area contributed by atoms with Crippen LogP contribution in [0.1, 0.15) is 26.7 Å². The monoisotopic (exact) mass is 287 g/mol. The molecule has 0 spiro atoms. The number of halogens is 2. The molecule has 0 fully saturated rings. The Balaban J connectivity index is 2.37. The highest BCUT2D eigenvalue weighted by molar-refractivity contribution is 7.99. The summed E-state index contributed by atoms with van der Waals surface area (Å²) < 4.78 is 0. The zero-order chi connectivity index (χ0) is 12.9. The Morgan fingerprint density at radius 1 is 1.29 bits per heavy atom. The molecule has 1 rings (SSSR count). The molecule has 0 saturated heterocycles. The molecular formula is C13H15Cl2NS. The third kappa shape index (κ3) is 5.21. The molecular weight excluding hydrogens is 273 g/mol. The highest BCUT2D eigenvalue weighted by atomic mass is 35.5. The summed E-state index contributed by atoms with van der Waals surface area (Å²) in [6.07, 6.45) is 1.93. The van der Waals surface area contributed by atoms with Crippen molar-refractivity contribution in [2.75, 3.05) is 5.75 Å². The smallest absolute Gasteiger partial charge is 0.0683 e. The molecule has 92 valence electrons. The highest BCUT2D eigenvalue weighted by Gasteiger charge is 2.15. The summed E-state index contributed by atoms with van der Waals surface area (Å²) in [7, 11) is 0. The van der Waals surface area contributed by atoms with E-state index >= 15 is 0 Å². The van der Waals surface area contributed by atoms with Crippen molar-refractivity contribution in [3.63, 3.8) is 0 Å². The summed E-state index contributed by atoms with van der Waals surface area (Å²) in [4.78, 5) is 1.12. The summed E-state index contributed by atoms with van der Waals surface area (Å²) in [5, 5.41) is 10.1. The number of nitriles is 1. The molecule has 1 aromatic carbocycles. The summed E-state index contributed by atoms with van der Waals surface area (Å²) in [6, 6.07) is 7.97. The Kier molecular flexibility index (Phi) is 5.66. The standard InChI is InChI=1S/C13H15Cl2NS/c1-13(2,9-16)6-3-7-17-10-4-5-11(14)12(15)8-10/h4-5,8H,3,6-7H2,1-2H3. The fraction of sp³-hybridized carbons (Fsp3) is 0.462. The van der Waals surface area contributed by atoms with E-state index in [9.17, 15) is 0 Å². The Bertz CT molecular complexity index is 424. The van der Waals surface area contributed by atoms with Crippen LogP contribution in [0, 0.1) is 16.7 Å². The van der Waals surface area contributed by atoms with Gasteiger partial charge in [0.1, 0.15) is 0 Å². The molecule has 0 N–H and O–H groups in total. The van der Waals surface area contributed by atoms with Gasteiger partial charge >= 0.3 is 0 Å². The van der Waals surface area contributed by atoms with Gasteiger partial charge in [-0.15, -0.1) is 11.8 Å². The second kappa shape index (κ2) is 6.54. The highest BCUT2D eigenvalue weighted by Crippen LogP contribution is 2.29. The van der Waals surface area contributed by atoms with Gasteiger partial charge in [0.2, 0.25) is 0 Å². The van der Waals surface area contributed by atoms with Crippen LogP contribution in [-0.2, 0) is 0 Å². The third-order valence-electron chi connectivity index (χ3n) is 2.41. The van der Waals surface area contributed by atoms with Gasteiger partial charge in [0, 0.05) is 4.90 Å². The number of hydrogen-bond donors (Lipinski definition) is 0. The van der Waals surface area contributed by atoms with Crippen molar-refractivity contribution in [1.29, 1.82) is 5.26 Å². The van der Waals surface area contributed by atoms with Crippen LogP contribution in [0.4, 0.5) is 0 Å². The first kappa shape index (κ1) is 14.7. The molecule has 0 radical (unpaired) electrons. The predicted octanol–water partition coefficient (Wildman–Crippen LogP) is 5.42. The molecule has 0 saturated carbocycles. The average Bonchev–Trinajstić information content (AvgIpc) is 2.29. The minimum absolute atomic E-state index is 0.224. The van der Waals surface area contributed by atoms with Crippen LogP contribution in [0.5, 0.6) is 0 Å². The van der Waals surface area contributed by atoms with E-state index in [1.54, 1.807) is 11.8 Å². The van der Waals surface area contributed by atoms with Crippen molar-refractivity contribution in [3.05, 3.63) is 28.2 Å². The van der Waals surface area contributed by atoms with Gasteiger partial charge in [0.25, 0.3) is 0 Å². The summed E-state index contributed by atoms with van der Waals surface area (Å²) in [5.41, 5.74) is -0.224. The molecule has 0 aromatic heterocycles. The topological polar surface area (TPSA) is 23.8 Å². The lowest BCUT2D eigenvalue weighted by Gasteiger charge is -2.14. The zero-order valence-corrected chi connectivity index (χ0v) is 12.3. The molecule has 17 heavy (non-hydrogen) atoms. The molecule has 4 heteroatoms. The van der Waals surface area contributed by atoms with Gasteiger partial charge in [-0.25, -0.2) is 0 Å². The summed E-state index contributed by atoms with van der Waals surface area (Å²) >= 11 is 13.5. The van der Waals surface area contributed by atoms with Crippen molar-refractivity contribution in [1.82, 2.24) is 0 Å². The second-order valence-corrected chi connectivity index (χ2v) is 6.51. The Hall–Kier alpha value is -0.360. The fourth-order valence-corrected chi connectivity index (χ4v) is 2.58. The Labute approximate surface area is 117 Å². The Morgan fingerprint density at radius 3 is 2.59 bits per heavy atom. The maximum absolute atomic E-state index is 8.89. The molecule has 0 aliphatic carbocycles. The number of hydrogen-bond acceptors (Lipinski definition) is 2. The van der Waals surface area contributed by atoms with E-state index in [-0.39, 0.29) is 5.41 Å². The van der Waals surface area contributed by atoms with Gasteiger partial charge in [-0.05, 0) is 50.6 Å². The molecule has 0 bridgehead atoms. The minimum Gasteiger partial charge on any atom is -0.198 e. The van der Waals surface area contributed by atoms with Crippen LogP contribution in [0.2, 0.25) is 10.0 Å². The first-order valence-electron chi connectivity index (χ1n) is 5.44. The van der Waals surface area contributed by atoms with E-state index in [1.165, 1.54) is 0 Å². The fourth-order valence-electron chi connectivity index (χ4n) is 1.33. The van der Waals surface area contributed by atoms with Crippen molar-refractivity contribution < 1.29 is 0 Å². The van der Waals surface area contributed by atoms with Gasteiger partial charge < -0.3 is 0 Å². The van der Waals surface area contributed by atoms with E-state index in [4.69, 9.17) is 28.5 Å². The maximum atomic E-state index is 8.89. The third-order valence-corrected chi connectivity index (χ3v) is 4.23. The first-order chi connectivity index (χ1) is 7.94. The van der Waals surface area contributed by atoms with Gasteiger partial charge in [-0.1, -0.05) is 23.2 Å². The van der Waals surface area contributed by atoms with Gasteiger partial charge in [-0.3, -0.25) is 0 Å². The molecule has 1 nitrogen and oxygen atoms in total. The first-order valence-corrected chi connectivity index (χ1v) is 7.18. The van der Waals surface area contributed by atoms with Crippen LogP contribution < -0.4 is 0 Å². The summed E-state index contributed by atoms with van der Waals surface area (Å²) in [6.45, 7) is 3.94. The zero-order valence-electron chi connectivity index (χ0n) is 9.96. The van der Waals surface area contributed by atoms with Crippen LogP contribution in [-0.4, -0.2) is 5.75 Å². The molecule has 0 atom stereocenters.